The molecule has 0 spiro atoms. The summed E-state index contributed by atoms with van der Waals surface area (Å²) in [6.07, 6.45) is 1.83. The van der Waals surface area contributed by atoms with Crippen LogP contribution in [0.4, 0.5) is 29.0 Å². The first-order valence-corrected chi connectivity index (χ1v) is 9.98. The Morgan fingerprint density at radius 1 is 0.933 bits per heavy atom. The van der Waals surface area contributed by atoms with Gasteiger partial charge in [-0.15, -0.1) is 0 Å². The van der Waals surface area contributed by atoms with Crippen molar-refractivity contribution in [3.05, 3.63) is 60.4 Å². The van der Waals surface area contributed by atoms with Crippen molar-refractivity contribution in [3.8, 4) is 0 Å². The predicted octanol–water partition coefficient (Wildman–Crippen LogP) is 3.21. The lowest BCUT2D eigenvalue weighted by molar-refractivity contribution is -0.114. The number of hydrogen-bond donors (Lipinski definition) is 2. The molecule has 0 atom stereocenters. The lowest BCUT2D eigenvalue weighted by atomic mass is 10.2. The van der Waals surface area contributed by atoms with Gasteiger partial charge in [0.25, 0.3) is 0 Å². The topological polar surface area (TPSA) is 86.3 Å². The van der Waals surface area contributed by atoms with Crippen molar-refractivity contribution in [1.29, 1.82) is 0 Å². The number of hydrogen-bond acceptors (Lipinski definition) is 7. The molecule has 3 heterocycles. The van der Waals surface area contributed by atoms with Crippen LogP contribution in [0, 0.1) is 6.92 Å². The molecule has 1 aromatic carbocycles. The molecular weight excluding hydrogens is 378 g/mol. The number of carbonyl (C=O) groups excluding carboxylic acids is 1. The summed E-state index contributed by atoms with van der Waals surface area (Å²) in [4.78, 5) is 29.4. The van der Waals surface area contributed by atoms with Gasteiger partial charge in [-0.2, -0.15) is 4.98 Å². The van der Waals surface area contributed by atoms with Crippen LogP contribution in [-0.4, -0.2) is 47.0 Å². The van der Waals surface area contributed by atoms with Crippen molar-refractivity contribution in [2.75, 3.05) is 46.6 Å². The van der Waals surface area contributed by atoms with Crippen LogP contribution in [0.1, 0.15) is 12.6 Å². The molecule has 1 aliphatic rings. The summed E-state index contributed by atoms with van der Waals surface area (Å²) in [6, 6.07) is 15.4. The highest BCUT2D eigenvalue weighted by Crippen LogP contribution is 2.22. The first kappa shape index (κ1) is 19.6. The van der Waals surface area contributed by atoms with E-state index < -0.39 is 0 Å². The van der Waals surface area contributed by atoms with Gasteiger partial charge in [0.1, 0.15) is 11.6 Å². The summed E-state index contributed by atoms with van der Waals surface area (Å²) >= 11 is 0. The number of benzene rings is 1. The van der Waals surface area contributed by atoms with E-state index in [-0.39, 0.29) is 5.91 Å². The van der Waals surface area contributed by atoms with E-state index in [1.165, 1.54) is 6.92 Å². The van der Waals surface area contributed by atoms with E-state index in [0.717, 1.165) is 60.8 Å². The van der Waals surface area contributed by atoms with Crippen molar-refractivity contribution in [1.82, 2.24) is 15.0 Å². The lowest BCUT2D eigenvalue weighted by Crippen LogP contribution is -2.47. The van der Waals surface area contributed by atoms with E-state index in [9.17, 15) is 4.79 Å². The Hall–Kier alpha value is -3.68. The van der Waals surface area contributed by atoms with Crippen LogP contribution in [0.25, 0.3) is 0 Å². The molecule has 3 aromatic rings. The molecule has 0 saturated carbocycles. The summed E-state index contributed by atoms with van der Waals surface area (Å²) in [7, 11) is 0. The molecular formula is C22H25N7O. The van der Waals surface area contributed by atoms with Gasteiger partial charge in [0.2, 0.25) is 11.9 Å². The Balaban J connectivity index is 1.43. The monoisotopic (exact) mass is 403 g/mol. The minimum absolute atomic E-state index is 0.0880. The molecule has 0 radical (unpaired) electrons. The molecule has 0 bridgehead atoms. The average molecular weight is 403 g/mol. The fourth-order valence-corrected chi connectivity index (χ4v) is 3.42. The molecule has 0 unspecified atom stereocenters. The number of amides is 1. The summed E-state index contributed by atoms with van der Waals surface area (Å²) < 4.78 is 0. The van der Waals surface area contributed by atoms with E-state index >= 15 is 0 Å². The molecule has 1 aliphatic heterocycles. The largest absolute Gasteiger partial charge is 0.353 e. The van der Waals surface area contributed by atoms with Gasteiger partial charge in [-0.3, -0.25) is 4.79 Å². The van der Waals surface area contributed by atoms with Gasteiger partial charge in [0.15, 0.2) is 0 Å². The van der Waals surface area contributed by atoms with Gasteiger partial charge in [-0.1, -0.05) is 6.07 Å². The summed E-state index contributed by atoms with van der Waals surface area (Å²) in [5.74, 6) is 2.40. The Morgan fingerprint density at radius 2 is 1.63 bits per heavy atom. The minimum Gasteiger partial charge on any atom is -0.353 e. The maximum atomic E-state index is 11.2. The van der Waals surface area contributed by atoms with E-state index in [4.69, 9.17) is 4.98 Å². The first-order chi connectivity index (χ1) is 14.6. The summed E-state index contributed by atoms with van der Waals surface area (Å²) in [5.41, 5.74) is 2.57. The van der Waals surface area contributed by atoms with Crippen LogP contribution in [0.5, 0.6) is 0 Å². The standard InChI is InChI=1S/C22H25N7O/c1-16-15-20(26-19-8-6-18(7-9-19)25-17(2)30)27-22(24-16)29-13-11-28(12-14-29)21-5-3-4-10-23-21/h3-10,15H,11-14H2,1-2H3,(H,25,30)(H,24,26,27). The number of pyridine rings is 1. The highest BCUT2D eigenvalue weighted by molar-refractivity contribution is 5.88. The van der Waals surface area contributed by atoms with Crippen LogP contribution >= 0.6 is 0 Å². The molecule has 8 nitrogen and oxygen atoms in total. The zero-order chi connectivity index (χ0) is 20.9. The van der Waals surface area contributed by atoms with Crippen LogP contribution in [-0.2, 0) is 4.79 Å². The fraction of sp³-hybridized carbons (Fsp3) is 0.273. The molecule has 4 rings (SSSR count). The third-order valence-electron chi connectivity index (χ3n) is 4.86. The minimum atomic E-state index is -0.0880. The lowest BCUT2D eigenvalue weighted by Gasteiger charge is -2.35. The quantitative estimate of drug-likeness (QED) is 0.676. The van der Waals surface area contributed by atoms with Gasteiger partial charge in [-0.25, -0.2) is 9.97 Å². The van der Waals surface area contributed by atoms with Crippen molar-refractivity contribution in [2.45, 2.75) is 13.8 Å². The molecule has 1 saturated heterocycles. The van der Waals surface area contributed by atoms with E-state index in [1.54, 1.807) is 0 Å². The predicted molar refractivity (Wildman–Crippen MR) is 119 cm³/mol. The Kier molecular flexibility index (Phi) is 5.74. The van der Waals surface area contributed by atoms with Crippen LogP contribution in [0.2, 0.25) is 0 Å². The first-order valence-electron chi connectivity index (χ1n) is 9.98. The summed E-state index contributed by atoms with van der Waals surface area (Å²) in [6.45, 7) is 6.90. The Morgan fingerprint density at radius 3 is 2.30 bits per heavy atom. The van der Waals surface area contributed by atoms with Gasteiger partial charge >= 0.3 is 0 Å². The average Bonchev–Trinajstić information content (AvgIpc) is 2.75. The second kappa shape index (κ2) is 8.77. The molecule has 2 aromatic heterocycles. The molecule has 30 heavy (non-hydrogen) atoms. The van der Waals surface area contributed by atoms with Crippen molar-refractivity contribution >= 4 is 34.9 Å². The number of aromatic nitrogens is 3. The number of aryl methyl sites for hydroxylation is 1. The highest BCUT2D eigenvalue weighted by atomic mass is 16.1. The molecule has 1 fully saturated rings. The number of nitrogens with one attached hydrogen (secondary N) is 2. The molecule has 2 N–H and O–H groups in total. The third-order valence-corrected chi connectivity index (χ3v) is 4.86. The van der Waals surface area contributed by atoms with Gasteiger partial charge in [-0.05, 0) is 43.3 Å². The van der Waals surface area contributed by atoms with E-state index in [2.05, 4.69) is 30.4 Å². The van der Waals surface area contributed by atoms with Gasteiger partial charge in [0, 0.05) is 62.4 Å². The maximum absolute atomic E-state index is 11.2. The number of piperazine rings is 1. The van der Waals surface area contributed by atoms with Crippen molar-refractivity contribution in [2.24, 2.45) is 0 Å². The highest BCUT2D eigenvalue weighted by Gasteiger charge is 2.20. The van der Waals surface area contributed by atoms with Crippen LogP contribution in [0.15, 0.2) is 54.7 Å². The summed E-state index contributed by atoms with van der Waals surface area (Å²) in [5, 5.41) is 6.09. The third kappa shape index (κ3) is 4.83. The number of nitrogens with zero attached hydrogens (tertiary/aromatic N) is 5. The van der Waals surface area contributed by atoms with Gasteiger partial charge in [0.05, 0.1) is 0 Å². The van der Waals surface area contributed by atoms with Crippen LogP contribution in [0.3, 0.4) is 0 Å². The molecule has 1 amide bonds. The maximum Gasteiger partial charge on any atom is 0.227 e. The zero-order valence-corrected chi connectivity index (χ0v) is 17.2. The normalized spacial score (nSPS) is 13.8. The van der Waals surface area contributed by atoms with E-state index in [0.29, 0.717) is 0 Å². The second-order valence-corrected chi connectivity index (χ2v) is 7.24. The molecule has 0 aliphatic carbocycles. The number of carbonyl (C=O) groups is 1. The zero-order valence-electron chi connectivity index (χ0n) is 17.2. The molecule has 8 heteroatoms. The van der Waals surface area contributed by atoms with E-state index in [1.807, 2.05) is 61.7 Å². The fourth-order valence-electron chi connectivity index (χ4n) is 3.42. The number of rotatable bonds is 5. The Labute approximate surface area is 176 Å². The SMILES string of the molecule is CC(=O)Nc1ccc(Nc2cc(C)nc(N3CCN(c4ccccn4)CC3)n2)cc1. The van der Waals surface area contributed by atoms with Crippen molar-refractivity contribution in [3.63, 3.8) is 0 Å². The Bertz CT molecular complexity index is 1000. The number of anilines is 5. The smallest absolute Gasteiger partial charge is 0.227 e. The van der Waals surface area contributed by atoms with Crippen molar-refractivity contribution < 1.29 is 4.79 Å². The molecule has 154 valence electrons. The second-order valence-electron chi connectivity index (χ2n) is 7.24. The van der Waals surface area contributed by atoms with Gasteiger partial charge < -0.3 is 20.4 Å². The van der Waals surface area contributed by atoms with Crippen LogP contribution < -0.4 is 20.4 Å².